The van der Waals surface area contributed by atoms with Gasteiger partial charge in [0.15, 0.2) is 26.5 Å². The topological polar surface area (TPSA) is 118 Å². The van der Waals surface area contributed by atoms with Crippen molar-refractivity contribution in [2.45, 2.75) is 4.90 Å². The van der Waals surface area contributed by atoms with Gasteiger partial charge in [-0.3, -0.25) is 10.1 Å². The van der Waals surface area contributed by atoms with Gasteiger partial charge in [0.1, 0.15) is 11.6 Å². The number of hydrogen-bond donors (Lipinski definition) is 1. The lowest BCUT2D eigenvalue weighted by Crippen LogP contribution is -2.13. The van der Waals surface area contributed by atoms with Crippen LogP contribution in [0.3, 0.4) is 0 Å². The van der Waals surface area contributed by atoms with Gasteiger partial charge in [-0.05, 0) is 42.0 Å². The van der Waals surface area contributed by atoms with Crippen LogP contribution in [0.2, 0.25) is 0 Å². The fourth-order valence-electron chi connectivity index (χ4n) is 2.61. The summed E-state index contributed by atoms with van der Waals surface area (Å²) in [6.07, 6.45) is 2.54. The highest BCUT2D eigenvalue weighted by Gasteiger charge is 2.15. The van der Waals surface area contributed by atoms with Gasteiger partial charge in [0.2, 0.25) is 0 Å². The molecule has 1 heterocycles. The summed E-state index contributed by atoms with van der Waals surface area (Å²) in [6.45, 7) is 0. The molecule has 0 aliphatic carbocycles. The normalized spacial score (nSPS) is 11.7. The van der Waals surface area contributed by atoms with Crippen LogP contribution in [0, 0.1) is 11.3 Å². The van der Waals surface area contributed by atoms with Gasteiger partial charge in [0, 0.05) is 6.26 Å². The second-order valence-electron chi connectivity index (χ2n) is 6.16. The van der Waals surface area contributed by atoms with Crippen molar-refractivity contribution in [3.05, 3.63) is 47.5 Å². The summed E-state index contributed by atoms with van der Waals surface area (Å²) >= 11 is 1.12. The highest BCUT2D eigenvalue weighted by atomic mass is 32.2. The molecule has 0 unspecified atom stereocenters. The Morgan fingerprint density at radius 3 is 2.53 bits per heavy atom. The van der Waals surface area contributed by atoms with E-state index in [-0.39, 0.29) is 15.6 Å². The van der Waals surface area contributed by atoms with Gasteiger partial charge >= 0.3 is 0 Å². The number of nitrogens with one attached hydrogen (secondary N) is 1. The number of benzene rings is 2. The minimum absolute atomic E-state index is 0.127. The number of hydrogen-bond acceptors (Lipinski definition) is 8. The van der Waals surface area contributed by atoms with E-state index in [4.69, 9.17) is 9.47 Å². The summed E-state index contributed by atoms with van der Waals surface area (Å²) in [7, 11) is -0.347. The van der Waals surface area contributed by atoms with Crippen LogP contribution < -0.4 is 14.8 Å². The first kappa shape index (κ1) is 21.3. The van der Waals surface area contributed by atoms with Crippen molar-refractivity contribution in [1.29, 1.82) is 5.26 Å². The standard InChI is InChI=1S/C20H17N3O5S2/c1-27-16-7-4-12(9-17(16)28-2)8-13(11-21)19(24)23-20-22-15-6-5-14(30(3,25)26)10-18(15)29-20/h4-10H,1-3H3,(H,22,23,24). The van der Waals surface area contributed by atoms with E-state index >= 15 is 0 Å². The number of nitriles is 1. The fraction of sp³-hybridized carbons (Fsp3) is 0.150. The van der Waals surface area contributed by atoms with E-state index in [2.05, 4.69) is 10.3 Å². The summed E-state index contributed by atoms with van der Waals surface area (Å²) in [4.78, 5) is 17.0. The van der Waals surface area contributed by atoms with Crippen molar-refractivity contribution in [1.82, 2.24) is 4.98 Å². The molecule has 0 radical (unpaired) electrons. The van der Waals surface area contributed by atoms with Crippen LogP contribution in [0.25, 0.3) is 16.3 Å². The minimum Gasteiger partial charge on any atom is -0.493 e. The molecule has 3 aromatic rings. The number of anilines is 1. The van der Waals surface area contributed by atoms with Crippen molar-refractivity contribution in [2.75, 3.05) is 25.8 Å². The van der Waals surface area contributed by atoms with E-state index < -0.39 is 15.7 Å². The molecule has 1 N–H and O–H groups in total. The second-order valence-corrected chi connectivity index (χ2v) is 9.21. The zero-order valence-electron chi connectivity index (χ0n) is 16.3. The Bertz CT molecular complexity index is 1300. The van der Waals surface area contributed by atoms with Crippen LogP contribution in [0.4, 0.5) is 5.13 Å². The number of methoxy groups -OCH3 is 2. The average molecular weight is 444 g/mol. The van der Waals surface area contributed by atoms with Crippen molar-refractivity contribution >= 4 is 48.5 Å². The first-order chi connectivity index (χ1) is 14.2. The summed E-state index contributed by atoms with van der Waals surface area (Å²) in [5.74, 6) is 0.368. The molecule has 10 heteroatoms. The van der Waals surface area contributed by atoms with Crippen LogP contribution in [0.1, 0.15) is 5.56 Å². The molecule has 1 aromatic heterocycles. The lowest BCUT2D eigenvalue weighted by molar-refractivity contribution is -0.112. The first-order valence-corrected chi connectivity index (χ1v) is 11.2. The number of sulfone groups is 1. The average Bonchev–Trinajstić information content (AvgIpc) is 3.12. The number of carbonyl (C=O) groups excluding carboxylic acids is 1. The van der Waals surface area contributed by atoms with E-state index in [1.165, 1.54) is 32.4 Å². The zero-order valence-corrected chi connectivity index (χ0v) is 17.9. The molecule has 0 spiro atoms. The van der Waals surface area contributed by atoms with Crippen LogP contribution in [0.5, 0.6) is 11.5 Å². The number of amides is 1. The Morgan fingerprint density at radius 2 is 1.90 bits per heavy atom. The van der Waals surface area contributed by atoms with Gasteiger partial charge in [-0.2, -0.15) is 5.26 Å². The number of thiazole rings is 1. The van der Waals surface area contributed by atoms with E-state index in [0.29, 0.717) is 27.3 Å². The Labute approximate surface area is 177 Å². The van der Waals surface area contributed by atoms with E-state index in [1.807, 2.05) is 6.07 Å². The SMILES string of the molecule is COc1ccc(C=C(C#N)C(=O)Nc2nc3ccc(S(C)(=O)=O)cc3s2)cc1OC. The Hall–Kier alpha value is -3.42. The fourth-order valence-corrected chi connectivity index (χ4v) is 4.23. The van der Waals surface area contributed by atoms with Crippen LogP contribution in [0.15, 0.2) is 46.9 Å². The number of fused-ring (bicyclic) bond motifs is 1. The molecule has 154 valence electrons. The maximum absolute atomic E-state index is 12.5. The molecule has 2 aromatic carbocycles. The van der Waals surface area contributed by atoms with Gasteiger partial charge < -0.3 is 9.47 Å². The van der Waals surface area contributed by atoms with Gasteiger partial charge in [-0.1, -0.05) is 17.4 Å². The van der Waals surface area contributed by atoms with Crippen LogP contribution in [-0.2, 0) is 14.6 Å². The summed E-state index contributed by atoms with van der Waals surface area (Å²) in [5, 5.41) is 12.3. The van der Waals surface area contributed by atoms with E-state index in [0.717, 1.165) is 17.6 Å². The summed E-state index contributed by atoms with van der Waals surface area (Å²) in [5.41, 5.74) is 1.00. The largest absolute Gasteiger partial charge is 0.493 e. The maximum atomic E-state index is 12.5. The Balaban J connectivity index is 1.86. The molecule has 0 fully saturated rings. The molecule has 0 saturated heterocycles. The number of aromatic nitrogens is 1. The number of nitrogens with zero attached hydrogens (tertiary/aromatic N) is 2. The Morgan fingerprint density at radius 1 is 1.17 bits per heavy atom. The maximum Gasteiger partial charge on any atom is 0.268 e. The molecule has 0 saturated carbocycles. The monoisotopic (exact) mass is 443 g/mol. The first-order valence-electron chi connectivity index (χ1n) is 8.51. The van der Waals surface area contributed by atoms with Crippen molar-refractivity contribution in [3.63, 3.8) is 0 Å². The zero-order chi connectivity index (χ0) is 21.9. The molecule has 0 aliphatic rings. The van der Waals surface area contributed by atoms with Gasteiger partial charge in [0.05, 0.1) is 29.3 Å². The van der Waals surface area contributed by atoms with Gasteiger partial charge in [-0.25, -0.2) is 13.4 Å². The molecule has 3 rings (SSSR count). The predicted molar refractivity (Wildman–Crippen MR) is 114 cm³/mol. The van der Waals surface area contributed by atoms with E-state index in [9.17, 15) is 18.5 Å². The third-order valence-corrected chi connectivity index (χ3v) is 6.14. The Kier molecular flexibility index (Phi) is 6.05. The highest BCUT2D eigenvalue weighted by Crippen LogP contribution is 2.30. The third kappa shape index (κ3) is 4.59. The van der Waals surface area contributed by atoms with Crippen molar-refractivity contribution < 1.29 is 22.7 Å². The van der Waals surface area contributed by atoms with Crippen molar-refractivity contribution in [3.8, 4) is 17.6 Å². The minimum atomic E-state index is -3.35. The third-order valence-electron chi connectivity index (χ3n) is 4.09. The van der Waals surface area contributed by atoms with Crippen molar-refractivity contribution in [2.24, 2.45) is 0 Å². The lowest BCUT2D eigenvalue weighted by atomic mass is 10.1. The molecule has 30 heavy (non-hydrogen) atoms. The highest BCUT2D eigenvalue weighted by molar-refractivity contribution is 7.90. The molecule has 0 aliphatic heterocycles. The number of carbonyl (C=O) groups is 1. The summed E-state index contributed by atoms with van der Waals surface area (Å²) < 4.78 is 34.4. The molecule has 1 amide bonds. The number of rotatable bonds is 6. The molecular formula is C20H17N3O5S2. The van der Waals surface area contributed by atoms with Crippen LogP contribution >= 0.6 is 11.3 Å². The van der Waals surface area contributed by atoms with Gasteiger partial charge in [0.25, 0.3) is 5.91 Å². The smallest absolute Gasteiger partial charge is 0.268 e. The lowest BCUT2D eigenvalue weighted by Gasteiger charge is -2.08. The van der Waals surface area contributed by atoms with Crippen LogP contribution in [-0.4, -0.2) is 39.8 Å². The molecule has 8 nitrogen and oxygen atoms in total. The summed E-state index contributed by atoms with van der Waals surface area (Å²) in [6, 6.07) is 11.4. The molecule has 0 bridgehead atoms. The molecular weight excluding hydrogens is 426 g/mol. The number of ether oxygens (including phenoxy) is 2. The quantitative estimate of drug-likeness (QED) is 0.459. The van der Waals surface area contributed by atoms with Gasteiger partial charge in [-0.15, -0.1) is 0 Å². The second kappa shape index (κ2) is 8.52. The predicted octanol–water partition coefficient (Wildman–Crippen LogP) is 3.26. The van der Waals surface area contributed by atoms with E-state index in [1.54, 1.807) is 24.3 Å². The molecule has 0 atom stereocenters.